The van der Waals surface area contributed by atoms with Crippen molar-refractivity contribution in [2.45, 2.75) is 45.4 Å². The number of fused-ring (bicyclic) bond motifs is 7. The fraction of sp³-hybridized carbons (Fsp3) is 0.132. The summed E-state index contributed by atoms with van der Waals surface area (Å²) in [5.74, 6) is 0. The Morgan fingerprint density at radius 1 is 0.491 bits per heavy atom. The molecule has 1 heterocycles. The molecule has 10 rings (SSSR count). The van der Waals surface area contributed by atoms with E-state index in [4.69, 9.17) is 4.42 Å². The molecule has 0 fully saturated rings. The molecule has 0 saturated carbocycles. The minimum Gasteiger partial charge on any atom is -0.455 e. The van der Waals surface area contributed by atoms with Gasteiger partial charge in [-0.25, -0.2) is 0 Å². The first-order chi connectivity index (χ1) is 26.7. The average Bonchev–Trinajstić information content (AvgIpc) is 3.70. The summed E-state index contributed by atoms with van der Waals surface area (Å²) in [6.45, 7) is 11.5. The van der Waals surface area contributed by atoms with Gasteiger partial charge in [-0.1, -0.05) is 168 Å². The molecule has 0 saturated heterocycles. The molecule has 0 atom stereocenters. The van der Waals surface area contributed by atoms with Crippen LogP contribution in [0.1, 0.15) is 51.3 Å². The number of benzene rings is 8. The van der Waals surface area contributed by atoms with E-state index in [0.717, 1.165) is 50.1 Å². The second-order valence-corrected chi connectivity index (χ2v) is 16.6. The smallest absolute Gasteiger partial charge is 0.143 e. The lowest BCUT2D eigenvalue weighted by Gasteiger charge is -2.30. The fourth-order valence-corrected chi connectivity index (χ4v) is 8.91. The van der Waals surface area contributed by atoms with Gasteiger partial charge in [-0.05, 0) is 91.5 Å². The lowest BCUT2D eigenvalue weighted by molar-refractivity contribution is 0.590. The Hall–Kier alpha value is -6.38. The van der Waals surface area contributed by atoms with Gasteiger partial charge in [0, 0.05) is 38.7 Å². The van der Waals surface area contributed by atoms with Gasteiger partial charge in [-0.3, -0.25) is 0 Å². The van der Waals surface area contributed by atoms with Crippen LogP contribution in [0.5, 0.6) is 0 Å². The fourth-order valence-electron chi connectivity index (χ4n) is 8.91. The van der Waals surface area contributed by atoms with Crippen LogP contribution >= 0.6 is 0 Å². The van der Waals surface area contributed by atoms with Crippen LogP contribution in [0.25, 0.3) is 66.1 Å². The lowest BCUT2D eigenvalue weighted by Crippen LogP contribution is -2.15. The molecule has 2 nitrogen and oxygen atoms in total. The van der Waals surface area contributed by atoms with E-state index in [0.29, 0.717) is 0 Å². The highest BCUT2D eigenvalue weighted by Gasteiger charge is 2.36. The maximum Gasteiger partial charge on any atom is 0.143 e. The number of nitrogens with zero attached hydrogens (tertiary/aromatic N) is 1. The van der Waals surface area contributed by atoms with Gasteiger partial charge in [0.15, 0.2) is 0 Å². The molecule has 0 amide bonds. The maximum absolute atomic E-state index is 6.73. The third-order valence-electron chi connectivity index (χ3n) is 11.9. The zero-order valence-electron chi connectivity index (χ0n) is 32.0. The predicted molar refractivity (Wildman–Crippen MR) is 233 cm³/mol. The normalized spacial score (nSPS) is 13.3. The predicted octanol–water partition coefficient (Wildman–Crippen LogP) is 15.1. The molecule has 0 bridgehead atoms. The minimum atomic E-state index is -0.0788. The van der Waals surface area contributed by atoms with Crippen LogP contribution in [0.3, 0.4) is 0 Å². The Balaban J connectivity index is 1.22. The van der Waals surface area contributed by atoms with Gasteiger partial charge in [-0.15, -0.1) is 0 Å². The first kappa shape index (κ1) is 33.2. The number of rotatable bonds is 5. The van der Waals surface area contributed by atoms with Crippen molar-refractivity contribution in [2.75, 3.05) is 4.90 Å². The van der Waals surface area contributed by atoms with Crippen molar-refractivity contribution in [3.8, 4) is 33.4 Å². The average molecular weight is 710 g/mol. The number of para-hydroxylation sites is 2. The molecule has 1 aliphatic rings. The summed E-state index contributed by atoms with van der Waals surface area (Å²) in [6.07, 6.45) is 0. The number of hydrogen-bond donors (Lipinski definition) is 0. The van der Waals surface area contributed by atoms with E-state index in [-0.39, 0.29) is 10.8 Å². The summed E-state index contributed by atoms with van der Waals surface area (Å²) >= 11 is 0. The van der Waals surface area contributed by atoms with E-state index < -0.39 is 0 Å². The Kier molecular flexibility index (Phi) is 7.44. The van der Waals surface area contributed by atoms with E-state index in [1.165, 1.54) is 49.7 Å². The largest absolute Gasteiger partial charge is 0.455 e. The van der Waals surface area contributed by atoms with E-state index in [9.17, 15) is 0 Å². The van der Waals surface area contributed by atoms with Gasteiger partial charge in [0.05, 0.1) is 5.69 Å². The molecular formula is C53H43NO. The molecule has 9 aromatic rings. The van der Waals surface area contributed by atoms with E-state index >= 15 is 0 Å². The van der Waals surface area contributed by atoms with Crippen molar-refractivity contribution in [1.82, 2.24) is 0 Å². The van der Waals surface area contributed by atoms with Gasteiger partial charge in [0.25, 0.3) is 0 Å². The van der Waals surface area contributed by atoms with Crippen molar-refractivity contribution in [3.05, 3.63) is 187 Å². The van der Waals surface area contributed by atoms with Crippen LogP contribution in [-0.2, 0) is 10.8 Å². The third kappa shape index (κ3) is 5.31. The molecule has 0 radical (unpaired) electrons. The highest BCUT2D eigenvalue weighted by molar-refractivity contribution is 6.15. The Morgan fingerprint density at radius 3 is 1.89 bits per heavy atom. The highest BCUT2D eigenvalue weighted by Crippen LogP contribution is 2.52. The maximum atomic E-state index is 6.73. The molecular weight excluding hydrogens is 667 g/mol. The van der Waals surface area contributed by atoms with Crippen LogP contribution < -0.4 is 4.90 Å². The Morgan fingerprint density at radius 2 is 1.11 bits per heavy atom. The van der Waals surface area contributed by atoms with Crippen LogP contribution in [-0.4, -0.2) is 0 Å². The molecule has 266 valence electrons. The summed E-state index contributed by atoms with van der Waals surface area (Å²) in [7, 11) is 0. The van der Waals surface area contributed by atoms with Crippen LogP contribution in [0.15, 0.2) is 174 Å². The van der Waals surface area contributed by atoms with Gasteiger partial charge in [-0.2, -0.15) is 0 Å². The van der Waals surface area contributed by atoms with E-state index in [1.54, 1.807) is 0 Å². The van der Waals surface area contributed by atoms with Gasteiger partial charge in [0.1, 0.15) is 11.2 Å². The lowest BCUT2D eigenvalue weighted by atomic mass is 9.82. The van der Waals surface area contributed by atoms with Crippen molar-refractivity contribution in [2.24, 2.45) is 0 Å². The Bertz CT molecular complexity index is 2920. The van der Waals surface area contributed by atoms with Crippen molar-refractivity contribution < 1.29 is 4.42 Å². The molecule has 0 aliphatic heterocycles. The summed E-state index contributed by atoms with van der Waals surface area (Å²) in [4.78, 5) is 2.45. The third-order valence-corrected chi connectivity index (χ3v) is 11.9. The molecule has 55 heavy (non-hydrogen) atoms. The van der Waals surface area contributed by atoms with Crippen molar-refractivity contribution in [1.29, 1.82) is 0 Å². The molecule has 0 unspecified atom stereocenters. The highest BCUT2D eigenvalue weighted by atomic mass is 16.3. The first-order valence-corrected chi connectivity index (χ1v) is 19.3. The van der Waals surface area contributed by atoms with Gasteiger partial charge in [0.2, 0.25) is 0 Å². The van der Waals surface area contributed by atoms with E-state index in [1.807, 2.05) is 6.07 Å². The summed E-state index contributed by atoms with van der Waals surface area (Å²) in [6, 6.07) is 62.3. The van der Waals surface area contributed by atoms with Crippen LogP contribution in [0, 0.1) is 0 Å². The zero-order valence-corrected chi connectivity index (χ0v) is 32.0. The number of anilines is 3. The zero-order chi connectivity index (χ0) is 37.5. The van der Waals surface area contributed by atoms with Crippen molar-refractivity contribution in [3.63, 3.8) is 0 Å². The monoisotopic (exact) mass is 709 g/mol. The minimum absolute atomic E-state index is 0.0788. The molecule has 2 heteroatoms. The first-order valence-electron chi connectivity index (χ1n) is 19.3. The summed E-state index contributed by atoms with van der Waals surface area (Å²) in [5, 5.41) is 4.62. The standard InChI is InChI=1S/C53H43NO/c1-52(2,3)37-26-21-34(22-27-37)35-23-28-38(29-24-35)54(39-30-31-47-45(33-39)41-15-8-10-19-46(41)53(47,4)5)48-32-25-36-13-6-7-14-40(36)50(48)44-18-12-17-43-42-16-9-11-20-49(42)55-51(43)44/h6-33H,1-5H3. The second kappa shape index (κ2) is 12.3. The van der Waals surface area contributed by atoms with Crippen molar-refractivity contribution >= 4 is 49.8 Å². The number of furan rings is 1. The quantitative estimate of drug-likeness (QED) is 0.177. The van der Waals surface area contributed by atoms with Crippen LogP contribution in [0.2, 0.25) is 0 Å². The Labute approximate surface area is 323 Å². The topological polar surface area (TPSA) is 16.4 Å². The molecule has 1 aliphatic carbocycles. The number of hydrogen-bond acceptors (Lipinski definition) is 2. The molecule has 8 aromatic carbocycles. The second-order valence-electron chi connectivity index (χ2n) is 16.6. The van der Waals surface area contributed by atoms with Gasteiger partial charge >= 0.3 is 0 Å². The molecule has 1 aromatic heterocycles. The molecule has 0 spiro atoms. The SMILES string of the molecule is CC(C)(C)c1ccc(-c2ccc(N(c3ccc4c(c3)-c3ccccc3C4(C)C)c3ccc4ccccc4c3-c3cccc4c3oc3ccccc34)cc2)cc1. The van der Waals surface area contributed by atoms with Crippen LogP contribution in [0.4, 0.5) is 17.1 Å². The summed E-state index contributed by atoms with van der Waals surface area (Å²) < 4.78 is 6.73. The van der Waals surface area contributed by atoms with E-state index in [2.05, 4.69) is 203 Å². The summed E-state index contributed by atoms with van der Waals surface area (Å²) in [5.41, 5.74) is 16.4. The van der Waals surface area contributed by atoms with Gasteiger partial charge < -0.3 is 9.32 Å². The molecule has 0 N–H and O–H groups in total.